The third-order valence-electron chi connectivity index (χ3n) is 5.32. The van der Waals surface area contributed by atoms with E-state index in [1.807, 2.05) is 0 Å². The second-order valence-corrected chi connectivity index (χ2v) is 7.69. The highest BCUT2D eigenvalue weighted by Crippen LogP contribution is 2.34. The predicted octanol–water partition coefficient (Wildman–Crippen LogP) is 2.75. The number of nitrogens with two attached hydrogens (primary N) is 1. The van der Waals surface area contributed by atoms with E-state index in [9.17, 15) is 18.0 Å². The number of ether oxygens (including phenoxy) is 1. The van der Waals surface area contributed by atoms with Gasteiger partial charge in [0.15, 0.2) is 0 Å². The average molecular weight is 371 g/mol. The fourth-order valence-electron chi connectivity index (χ4n) is 3.79. The van der Waals surface area contributed by atoms with Crippen LogP contribution in [0.3, 0.4) is 0 Å². The third-order valence-corrected chi connectivity index (χ3v) is 5.32. The van der Waals surface area contributed by atoms with E-state index in [-0.39, 0.29) is 29.2 Å². The van der Waals surface area contributed by atoms with Crippen LogP contribution in [0.5, 0.6) is 5.75 Å². The van der Waals surface area contributed by atoms with Crippen molar-refractivity contribution >= 4 is 11.6 Å². The van der Waals surface area contributed by atoms with E-state index in [2.05, 4.69) is 23.5 Å². The lowest BCUT2D eigenvalue weighted by molar-refractivity contribution is -0.274. The van der Waals surface area contributed by atoms with Crippen LogP contribution in [0.4, 0.5) is 18.9 Å². The molecule has 2 heterocycles. The molecular formula is C18H24F3N3O2. The summed E-state index contributed by atoms with van der Waals surface area (Å²) in [4.78, 5) is 16.6. The summed E-state index contributed by atoms with van der Waals surface area (Å²) in [6, 6.07) is 5.41. The van der Waals surface area contributed by atoms with Crippen LogP contribution in [-0.2, 0) is 4.79 Å². The summed E-state index contributed by atoms with van der Waals surface area (Å²) in [6.45, 7) is 6.15. The van der Waals surface area contributed by atoms with Crippen LogP contribution in [0, 0.1) is 5.41 Å². The number of hydrogen-bond acceptors (Lipinski definition) is 4. The quantitative estimate of drug-likeness (QED) is 0.888. The van der Waals surface area contributed by atoms with Gasteiger partial charge in [-0.15, -0.1) is 13.2 Å². The SMILES string of the molecule is CC1(C)CN(C2CCN(c3cccc(OC(F)(F)F)c3)C2=O)CCC1N. The first-order valence-corrected chi connectivity index (χ1v) is 8.74. The lowest BCUT2D eigenvalue weighted by Gasteiger charge is -2.44. The fraction of sp³-hybridized carbons (Fsp3) is 0.611. The standard InChI is InChI=1S/C18H24F3N3O2/c1-17(2)11-23(8-7-15(17)22)14-6-9-24(16(14)25)12-4-3-5-13(10-12)26-18(19,20)21/h3-5,10,14-15H,6-9,11,22H2,1-2H3. The van der Waals surface area contributed by atoms with Gasteiger partial charge in [-0.25, -0.2) is 0 Å². The fourth-order valence-corrected chi connectivity index (χ4v) is 3.79. The van der Waals surface area contributed by atoms with E-state index in [4.69, 9.17) is 5.73 Å². The molecule has 0 spiro atoms. The molecule has 1 aromatic rings. The van der Waals surface area contributed by atoms with Gasteiger partial charge in [0, 0.05) is 37.4 Å². The number of amides is 1. The smallest absolute Gasteiger partial charge is 0.406 e. The molecule has 2 aliphatic rings. The van der Waals surface area contributed by atoms with E-state index < -0.39 is 6.36 Å². The summed E-state index contributed by atoms with van der Waals surface area (Å²) < 4.78 is 41.2. The second-order valence-electron chi connectivity index (χ2n) is 7.69. The minimum Gasteiger partial charge on any atom is -0.406 e. The highest BCUT2D eigenvalue weighted by atomic mass is 19.4. The largest absolute Gasteiger partial charge is 0.573 e. The Labute approximate surface area is 150 Å². The van der Waals surface area contributed by atoms with Crippen molar-refractivity contribution in [2.24, 2.45) is 11.1 Å². The monoisotopic (exact) mass is 371 g/mol. The van der Waals surface area contributed by atoms with E-state index in [0.717, 1.165) is 19.5 Å². The molecule has 2 N–H and O–H groups in total. The number of carbonyl (C=O) groups excluding carboxylic acids is 1. The number of benzene rings is 1. The lowest BCUT2D eigenvalue weighted by Crippen LogP contribution is -2.56. The molecule has 3 rings (SSSR count). The zero-order valence-corrected chi connectivity index (χ0v) is 14.9. The van der Waals surface area contributed by atoms with Crippen LogP contribution in [0.2, 0.25) is 0 Å². The highest BCUT2D eigenvalue weighted by molar-refractivity contribution is 5.99. The Morgan fingerprint density at radius 2 is 1.96 bits per heavy atom. The van der Waals surface area contributed by atoms with E-state index in [1.165, 1.54) is 23.1 Å². The van der Waals surface area contributed by atoms with Crippen molar-refractivity contribution in [3.63, 3.8) is 0 Å². The molecule has 0 bridgehead atoms. The zero-order chi connectivity index (χ0) is 19.1. The molecule has 2 aliphatic heterocycles. The van der Waals surface area contributed by atoms with Gasteiger partial charge in [0.2, 0.25) is 5.91 Å². The summed E-state index contributed by atoms with van der Waals surface area (Å²) in [6.07, 6.45) is -3.28. The van der Waals surface area contributed by atoms with Crippen molar-refractivity contribution in [3.8, 4) is 5.75 Å². The number of piperidine rings is 1. The molecule has 0 aliphatic carbocycles. The van der Waals surface area contributed by atoms with Crippen LogP contribution in [0.15, 0.2) is 24.3 Å². The van der Waals surface area contributed by atoms with Gasteiger partial charge in [-0.2, -0.15) is 0 Å². The number of alkyl halides is 3. The Morgan fingerprint density at radius 3 is 2.62 bits per heavy atom. The van der Waals surface area contributed by atoms with Gasteiger partial charge in [-0.1, -0.05) is 19.9 Å². The van der Waals surface area contributed by atoms with E-state index >= 15 is 0 Å². The van der Waals surface area contributed by atoms with Crippen molar-refractivity contribution in [3.05, 3.63) is 24.3 Å². The number of likely N-dealkylation sites (tertiary alicyclic amines) is 1. The number of halogens is 3. The second kappa shape index (κ2) is 6.74. The van der Waals surface area contributed by atoms with Gasteiger partial charge in [-0.05, 0) is 30.4 Å². The number of rotatable bonds is 3. The normalized spacial score (nSPS) is 27.0. The molecular weight excluding hydrogens is 347 g/mol. The van der Waals surface area contributed by atoms with Gasteiger partial charge < -0.3 is 15.4 Å². The van der Waals surface area contributed by atoms with Gasteiger partial charge in [-0.3, -0.25) is 9.69 Å². The summed E-state index contributed by atoms with van der Waals surface area (Å²) in [5.74, 6) is -0.406. The Hall–Kier alpha value is -1.80. The van der Waals surface area contributed by atoms with Crippen LogP contribution in [0.1, 0.15) is 26.7 Å². The molecule has 0 aromatic heterocycles. The molecule has 2 atom stereocenters. The molecule has 26 heavy (non-hydrogen) atoms. The maximum atomic E-state index is 12.9. The molecule has 5 nitrogen and oxygen atoms in total. The molecule has 0 saturated carbocycles. The maximum absolute atomic E-state index is 12.9. The Bertz CT molecular complexity index is 678. The minimum atomic E-state index is -4.76. The van der Waals surface area contributed by atoms with Crippen molar-refractivity contribution in [1.29, 1.82) is 0 Å². The topological polar surface area (TPSA) is 58.8 Å². The average Bonchev–Trinajstić information content (AvgIpc) is 2.90. The zero-order valence-electron chi connectivity index (χ0n) is 14.9. The number of anilines is 1. The first-order chi connectivity index (χ1) is 12.1. The minimum absolute atomic E-state index is 0.0770. The Morgan fingerprint density at radius 1 is 1.23 bits per heavy atom. The lowest BCUT2D eigenvalue weighted by atomic mass is 9.79. The summed E-state index contributed by atoms with van der Waals surface area (Å²) >= 11 is 0. The van der Waals surface area contributed by atoms with Crippen LogP contribution in [-0.4, -0.2) is 48.9 Å². The van der Waals surface area contributed by atoms with Crippen LogP contribution in [0.25, 0.3) is 0 Å². The maximum Gasteiger partial charge on any atom is 0.573 e. The summed E-state index contributed by atoms with van der Waals surface area (Å²) in [5.41, 5.74) is 6.51. The molecule has 2 unspecified atom stereocenters. The number of carbonyl (C=O) groups is 1. The highest BCUT2D eigenvalue weighted by Gasteiger charge is 2.42. The molecule has 1 amide bonds. The van der Waals surface area contributed by atoms with Crippen LogP contribution >= 0.6 is 0 Å². The van der Waals surface area contributed by atoms with Gasteiger partial charge in [0.25, 0.3) is 0 Å². The summed E-state index contributed by atoms with van der Waals surface area (Å²) in [7, 11) is 0. The van der Waals surface area contributed by atoms with E-state index in [0.29, 0.717) is 18.7 Å². The van der Waals surface area contributed by atoms with Crippen molar-refractivity contribution < 1.29 is 22.7 Å². The predicted molar refractivity (Wildman–Crippen MR) is 91.8 cm³/mol. The molecule has 0 radical (unpaired) electrons. The number of nitrogens with zero attached hydrogens (tertiary/aromatic N) is 2. The van der Waals surface area contributed by atoms with Gasteiger partial charge >= 0.3 is 6.36 Å². The van der Waals surface area contributed by atoms with Gasteiger partial charge in [0.05, 0.1) is 6.04 Å². The van der Waals surface area contributed by atoms with E-state index in [1.54, 1.807) is 6.07 Å². The molecule has 144 valence electrons. The summed E-state index contributed by atoms with van der Waals surface area (Å²) in [5, 5.41) is 0. The Kier molecular flexibility index (Phi) is 4.92. The molecule has 2 saturated heterocycles. The molecule has 8 heteroatoms. The van der Waals surface area contributed by atoms with Crippen molar-refractivity contribution in [1.82, 2.24) is 4.90 Å². The third kappa shape index (κ3) is 3.96. The molecule has 1 aromatic carbocycles. The number of hydrogen-bond donors (Lipinski definition) is 1. The van der Waals surface area contributed by atoms with Crippen LogP contribution < -0.4 is 15.4 Å². The van der Waals surface area contributed by atoms with Crippen molar-refractivity contribution in [2.75, 3.05) is 24.5 Å². The van der Waals surface area contributed by atoms with Crippen molar-refractivity contribution in [2.45, 2.75) is 45.1 Å². The first-order valence-electron chi connectivity index (χ1n) is 8.74. The first kappa shape index (κ1) is 19.0. The Balaban J connectivity index is 1.73. The molecule has 2 fully saturated rings. The van der Waals surface area contributed by atoms with Gasteiger partial charge in [0.1, 0.15) is 5.75 Å².